The Morgan fingerprint density at radius 2 is 1.95 bits per heavy atom. The van der Waals surface area contributed by atoms with Crippen LogP contribution in [0, 0.1) is 5.82 Å². The first-order chi connectivity index (χ1) is 8.76. The number of carbonyl (C=O) groups excluding carboxylic acids is 1. The molecule has 1 atom stereocenters. The van der Waals surface area contributed by atoms with Crippen molar-refractivity contribution in [2.24, 2.45) is 0 Å². The molecule has 0 N–H and O–H groups in total. The van der Waals surface area contributed by atoms with Gasteiger partial charge in [0.25, 0.3) is 0 Å². The van der Waals surface area contributed by atoms with Gasteiger partial charge in [-0.15, -0.1) is 0 Å². The number of rotatable bonds is 4. The van der Waals surface area contributed by atoms with E-state index in [1.807, 2.05) is 27.7 Å². The molecule has 0 saturated carbocycles. The van der Waals surface area contributed by atoms with Crippen molar-refractivity contribution in [1.29, 1.82) is 0 Å². The van der Waals surface area contributed by atoms with E-state index in [1.54, 1.807) is 30.0 Å². The lowest BCUT2D eigenvalue weighted by Crippen LogP contribution is -2.43. The molecule has 0 heterocycles. The molecule has 1 rings (SSSR count). The molecule has 1 aromatic carbocycles. The van der Waals surface area contributed by atoms with E-state index in [4.69, 9.17) is 4.74 Å². The van der Waals surface area contributed by atoms with E-state index in [2.05, 4.69) is 0 Å². The lowest BCUT2D eigenvalue weighted by molar-refractivity contribution is -0.156. The summed E-state index contributed by atoms with van der Waals surface area (Å²) in [5, 5.41) is 0. The maximum atomic E-state index is 13.8. The van der Waals surface area contributed by atoms with Gasteiger partial charge in [0.15, 0.2) is 0 Å². The number of hydrogen-bond donors (Lipinski definition) is 0. The third-order valence-electron chi connectivity index (χ3n) is 2.72. The van der Waals surface area contributed by atoms with Crippen LogP contribution in [0.2, 0.25) is 0 Å². The van der Waals surface area contributed by atoms with Gasteiger partial charge in [0, 0.05) is 6.54 Å². The first kappa shape index (κ1) is 15.5. The SMILES string of the molecule is CCN(c1ccccc1F)C(C)C(=O)OC(C)(C)C. The van der Waals surface area contributed by atoms with Gasteiger partial charge in [0.2, 0.25) is 0 Å². The van der Waals surface area contributed by atoms with Crippen molar-refractivity contribution in [2.45, 2.75) is 46.3 Å². The summed E-state index contributed by atoms with van der Waals surface area (Å²) in [6.45, 7) is 9.59. The molecule has 0 fully saturated rings. The van der Waals surface area contributed by atoms with Crippen LogP contribution >= 0.6 is 0 Å². The fourth-order valence-corrected chi connectivity index (χ4v) is 1.85. The number of likely N-dealkylation sites (N-methyl/N-ethyl adjacent to an activating group) is 1. The van der Waals surface area contributed by atoms with Gasteiger partial charge in [-0.3, -0.25) is 0 Å². The van der Waals surface area contributed by atoms with E-state index in [-0.39, 0.29) is 11.8 Å². The highest BCUT2D eigenvalue weighted by Gasteiger charge is 2.27. The van der Waals surface area contributed by atoms with Gasteiger partial charge >= 0.3 is 5.97 Å². The number of benzene rings is 1. The Morgan fingerprint density at radius 1 is 1.37 bits per heavy atom. The van der Waals surface area contributed by atoms with Gasteiger partial charge in [0.1, 0.15) is 17.5 Å². The van der Waals surface area contributed by atoms with Gasteiger partial charge in [-0.1, -0.05) is 12.1 Å². The van der Waals surface area contributed by atoms with Gasteiger partial charge in [-0.2, -0.15) is 0 Å². The number of halogens is 1. The van der Waals surface area contributed by atoms with E-state index >= 15 is 0 Å². The molecule has 4 heteroatoms. The maximum absolute atomic E-state index is 13.8. The van der Waals surface area contributed by atoms with Crippen LogP contribution in [0.25, 0.3) is 0 Å². The summed E-state index contributed by atoms with van der Waals surface area (Å²) in [6, 6.07) is 5.91. The second-order valence-corrected chi connectivity index (χ2v) is 5.45. The number of ether oxygens (including phenoxy) is 1. The van der Waals surface area contributed by atoms with Gasteiger partial charge in [0.05, 0.1) is 5.69 Å². The maximum Gasteiger partial charge on any atom is 0.328 e. The molecule has 3 nitrogen and oxygen atoms in total. The van der Waals surface area contributed by atoms with Crippen LogP contribution in [0.15, 0.2) is 24.3 Å². The number of nitrogens with zero attached hydrogens (tertiary/aromatic N) is 1. The Morgan fingerprint density at radius 3 is 2.42 bits per heavy atom. The largest absolute Gasteiger partial charge is 0.458 e. The van der Waals surface area contributed by atoms with Crippen LogP contribution in [0.3, 0.4) is 0 Å². The first-order valence-corrected chi connectivity index (χ1v) is 6.50. The molecule has 19 heavy (non-hydrogen) atoms. The number of para-hydroxylation sites is 1. The molecule has 0 aliphatic carbocycles. The zero-order valence-corrected chi connectivity index (χ0v) is 12.2. The molecule has 1 unspecified atom stereocenters. The number of esters is 1. The molecule has 0 bridgehead atoms. The standard InChI is InChI=1S/C15H22FNO2/c1-6-17(13-10-8-7-9-12(13)16)11(2)14(18)19-15(3,4)5/h7-11H,6H2,1-5H3. The monoisotopic (exact) mass is 267 g/mol. The van der Waals surface area contributed by atoms with Gasteiger partial charge in [-0.25, -0.2) is 9.18 Å². The number of anilines is 1. The topological polar surface area (TPSA) is 29.5 Å². The lowest BCUT2D eigenvalue weighted by Gasteiger charge is -2.31. The zero-order chi connectivity index (χ0) is 14.6. The van der Waals surface area contributed by atoms with Crippen molar-refractivity contribution in [3.63, 3.8) is 0 Å². The summed E-state index contributed by atoms with van der Waals surface area (Å²) in [5.41, 5.74) is -0.122. The van der Waals surface area contributed by atoms with Crippen molar-refractivity contribution in [3.8, 4) is 0 Å². The number of hydrogen-bond acceptors (Lipinski definition) is 3. The lowest BCUT2D eigenvalue weighted by atomic mass is 10.1. The van der Waals surface area contributed by atoms with Crippen LogP contribution in [0.4, 0.5) is 10.1 Å². The van der Waals surface area contributed by atoms with E-state index in [0.717, 1.165) is 0 Å². The normalized spacial score (nSPS) is 12.9. The summed E-state index contributed by atoms with van der Waals surface area (Å²) in [7, 11) is 0. The molecule has 0 spiro atoms. The summed E-state index contributed by atoms with van der Waals surface area (Å²) in [4.78, 5) is 13.8. The minimum Gasteiger partial charge on any atom is -0.458 e. The smallest absolute Gasteiger partial charge is 0.328 e. The fraction of sp³-hybridized carbons (Fsp3) is 0.533. The first-order valence-electron chi connectivity index (χ1n) is 6.50. The van der Waals surface area contributed by atoms with E-state index in [0.29, 0.717) is 12.2 Å². The zero-order valence-electron chi connectivity index (χ0n) is 12.2. The Balaban J connectivity index is 2.92. The Bertz CT molecular complexity index is 440. The summed E-state index contributed by atoms with van der Waals surface area (Å²) in [6.07, 6.45) is 0. The van der Waals surface area contributed by atoms with Crippen molar-refractivity contribution in [3.05, 3.63) is 30.1 Å². The molecule has 0 saturated heterocycles. The minimum absolute atomic E-state index is 0.334. The van der Waals surface area contributed by atoms with Crippen LogP contribution in [0.5, 0.6) is 0 Å². The summed E-state index contributed by atoms with van der Waals surface area (Å²) in [5.74, 6) is -0.683. The van der Waals surface area contributed by atoms with Gasteiger partial charge in [-0.05, 0) is 46.8 Å². The molecule has 106 valence electrons. The van der Waals surface area contributed by atoms with Crippen LogP contribution in [-0.2, 0) is 9.53 Å². The van der Waals surface area contributed by atoms with E-state index in [9.17, 15) is 9.18 Å². The highest BCUT2D eigenvalue weighted by atomic mass is 19.1. The van der Waals surface area contributed by atoms with E-state index < -0.39 is 11.6 Å². The highest BCUT2D eigenvalue weighted by molar-refractivity contribution is 5.80. The molecular formula is C15H22FNO2. The second-order valence-electron chi connectivity index (χ2n) is 5.45. The quantitative estimate of drug-likeness (QED) is 0.783. The van der Waals surface area contributed by atoms with Crippen molar-refractivity contribution >= 4 is 11.7 Å². The second kappa shape index (κ2) is 6.04. The molecular weight excluding hydrogens is 245 g/mol. The van der Waals surface area contributed by atoms with Crippen LogP contribution in [-0.4, -0.2) is 24.2 Å². The molecule has 0 aliphatic heterocycles. The minimum atomic E-state index is -0.542. The Kier molecular flexibility index (Phi) is 4.92. The molecule has 0 aromatic heterocycles. The highest BCUT2D eigenvalue weighted by Crippen LogP contribution is 2.22. The summed E-state index contributed by atoms with van der Waals surface area (Å²) < 4.78 is 19.1. The van der Waals surface area contributed by atoms with Crippen molar-refractivity contribution in [2.75, 3.05) is 11.4 Å². The number of carbonyl (C=O) groups is 1. The van der Waals surface area contributed by atoms with Crippen molar-refractivity contribution in [1.82, 2.24) is 0 Å². The predicted molar refractivity (Wildman–Crippen MR) is 74.7 cm³/mol. The van der Waals surface area contributed by atoms with Crippen LogP contribution < -0.4 is 4.90 Å². The summed E-state index contributed by atoms with van der Waals surface area (Å²) >= 11 is 0. The average molecular weight is 267 g/mol. The third kappa shape index (κ3) is 4.23. The Labute approximate surface area is 114 Å². The van der Waals surface area contributed by atoms with Crippen molar-refractivity contribution < 1.29 is 13.9 Å². The van der Waals surface area contributed by atoms with Gasteiger partial charge < -0.3 is 9.64 Å². The fourth-order valence-electron chi connectivity index (χ4n) is 1.85. The third-order valence-corrected chi connectivity index (χ3v) is 2.72. The Hall–Kier alpha value is -1.58. The predicted octanol–water partition coefficient (Wildman–Crippen LogP) is 3.38. The molecule has 0 radical (unpaired) electrons. The molecule has 0 aliphatic rings. The van der Waals surface area contributed by atoms with E-state index in [1.165, 1.54) is 6.07 Å². The van der Waals surface area contributed by atoms with Crippen LogP contribution in [0.1, 0.15) is 34.6 Å². The molecule has 1 aromatic rings. The average Bonchev–Trinajstić information content (AvgIpc) is 2.30. The molecule has 0 amide bonds.